The van der Waals surface area contributed by atoms with Crippen molar-refractivity contribution in [3.05, 3.63) is 0 Å². The van der Waals surface area contributed by atoms with Crippen LogP contribution in [0.15, 0.2) is 0 Å². The minimum absolute atomic E-state index is 0. The Bertz CT molecular complexity index is 118. The molecule has 0 saturated heterocycles. The molecule has 18 heavy (non-hydrogen) atoms. The average molecular weight is 587 g/mol. The Hall–Kier alpha value is 0.144. The molecule has 0 unspecified atom stereocenters. The Kier molecular flexibility index (Phi) is 189. The Labute approximate surface area is 158 Å². The van der Waals surface area contributed by atoms with Gasteiger partial charge in [0.2, 0.25) is 0 Å². The zero-order chi connectivity index (χ0) is 10.7. The largest absolute Gasteiger partial charge is 3.00 e. The molecule has 0 aromatic heterocycles. The standard InChI is InChI=1S/3CH2O3.2Er.4H2O/c3*2-1(3)4;;;;;;/h3*(H2,2,3,4);;;4*1H2/q;;;2*+3;;;;/p-6. The summed E-state index contributed by atoms with van der Waals surface area (Å²) in [6.45, 7) is 0. The first kappa shape index (κ1) is 63.8. The number of carbonyl (C=O) groups is 3. The van der Waals surface area contributed by atoms with Crippen LogP contribution < -0.4 is 30.6 Å². The van der Waals surface area contributed by atoms with Crippen molar-refractivity contribution in [2.45, 2.75) is 0 Å². The summed E-state index contributed by atoms with van der Waals surface area (Å²) in [5.41, 5.74) is 0. The summed E-state index contributed by atoms with van der Waals surface area (Å²) in [7, 11) is 0. The van der Waals surface area contributed by atoms with E-state index in [4.69, 9.17) is 45.0 Å². The quantitative estimate of drug-likeness (QED) is 0.259. The van der Waals surface area contributed by atoms with Gasteiger partial charge in [0.15, 0.2) is 0 Å². The smallest absolute Gasteiger partial charge is 0.652 e. The number of carbonyl (C=O) groups excluding carboxylic acids is 3. The van der Waals surface area contributed by atoms with E-state index in [0.717, 1.165) is 0 Å². The molecule has 0 heterocycles. The van der Waals surface area contributed by atoms with E-state index >= 15 is 0 Å². The molecule has 2 radical (unpaired) electrons. The first-order chi connectivity index (χ1) is 5.20. The van der Waals surface area contributed by atoms with Gasteiger partial charge in [-0.05, 0) is 18.5 Å². The topological polar surface area (TPSA) is 316 Å². The summed E-state index contributed by atoms with van der Waals surface area (Å²) in [4.78, 5) is 25.0. The fourth-order valence-corrected chi connectivity index (χ4v) is 0. The minimum atomic E-state index is -2.33. The first-order valence-corrected chi connectivity index (χ1v) is 1.84. The van der Waals surface area contributed by atoms with Crippen molar-refractivity contribution in [2.75, 3.05) is 0 Å². The first-order valence-electron chi connectivity index (χ1n) is 1.84. The second-order valence-corrected chi connectivity index (χ2v) is 0.750. The van der Waals surface area contributed by atoms with Gasteiger partial charge in [-0.25, -0.2) is 0 Å². The van der Waals surface area contributed by atoms with E-state index in [1.807, 2.05) is 0 Å². The van der Waals surface area contributed by atoms with E-state index in [-0.39, 0.29) is 96.5 Å². The van der Waals surface area contributed by atoms with Crippen LogP contribution >= 0.6 is 0 Å². The molecule has 0 aromatic carbocycles. The molecular weight excluding hydrogens is 579 g/mol. The molecule has 0 saturated carbocycles. The molecule has 0 aliphatic heterocycles. The van der Waals surface area contributed by atoms with Gasteiger partial charge < -0.3 is 66.9 Å². The summed E-state index contributed by atoms with van der Waals surface area (Å²) in [6.07, 6.45) is -7.00. The Morgan fingerprint density at radius 1 is 0.444 bits per heavy atom. The van der Waals surface area contributed by atoms with Crippen LogP contribution in [0.1, 0.15) is 0 Å². The van der Waals surface area contributed by atoms with Crippen molar-refractivity contribution in [3.8, 4) is 0 Å². The summed E-state index contributed by atoms with van der Waals surface area (Å²) < 4.78 is 0. The van der Waals surface area contributed by atoms with Gasteiger partial charge in [-0.2, -0.15) is 0 Å². The Morgan fingerprint density at radius 2 is 0.444 bits per heavy atom. The summed E-state index contributed by atoms with van der Waals surface area (Å²) in [6, 6.07) is 0. The Morgan fingerprint density at radius 3 is 0.444 bits per heavy atom. The maximum atomic E-state index is 8.33. The van der Waals surface area contributed by atoms with E-state index in [9.17, 15) is 0 Å². The van der Waals surface area contributed by atoms with Gasteiger partial charge in [0.25, 0.3) is 0 Å². The van der Waals surface area contributed by atoms with Gasteiger partial charge in [0, 0.05) is 0 Å². The fourth-order valence-electron chi connectivity index (χ4n) is 0. The molecule has 0 spiro atoms. The molecule has 0 aromatic rings. The van der Waals surface area contributed by atoms with Crippen molar-refractivity contribution >= 4 is 18.5 Å². The average Bonchev–Trinajstić information content (AvgIpc) is 1.54. The molecule has 0 atom stereocenters. The predicted molar refractivity (Wildman–Crippen MR) is 30.6 cm³/mol. The van der Waals surface area contributed by atoms with Crippen molar-refractivity contribution < 1.29 is 142 Å². The zero-order valence-electron chi connectivity index (χ0n) is 7.75. The van der Waals surface area contributed by atoms with Crippen LogP contribution in [0.2, 0.25) is 0 Å². The zero-order valence-corrected chi connectivity index (χ0v) is 11.5. The third-order valence-electron chi connectivity index (χ3n) is 0. The van der Waals surface area contributed by atoms with Crippen LogP contribution in [-0.2, 0) is 0 Å². The number of rotatable bonds is 0. The van der Waals surface area contributed by atoms with E-state index in [0.29, 0.717) is 0 Å². The third-order valence-corrected chi connectivity index (χ3v) is 0. The monoisotopic (exact) mass is 584 g/mol. The maximum absolute atomic E-state index is 8.33. The normalized spacial score (nSPS) is 4.00. The van der Waals surface area contributed by atoms with Gasteiger partial charge in [0.1, 0.15) is 0 Å². The molecule has 8 N–H and O–H groups in total. The second-order valence-electron chi connectivity index (χ2n) is 0.750. The SMILES string of the molecule is O.O.O.O.O=C([O-])[O-].O=C([O-])[O-].O=C([O-])[O-].[Er+3].[Er+3]. The van der Waals surface area contributed by atoms with Gasteiger partial charge in [-0.15, -0.1) is 0 Å². The predicted octanol–water partition coefficient (Wildman–Crippen LogP) is -10.6. The van der Waals surface area contributed by atoms with Crippen molar-refractivity contribution in [1.82, 2.24) is 0 Å². The van der Waals surface area contributed by atoms with Crippen LogP contribution in [0.3, 0.4) is 0 Å². The molecule has 122 valence electrons. The van der Waals surface area contributed by atoms with E-state index in [1.54, 1.807) is 0 Å². The second kappa shape index (κ2) is 53.4. The van der Waals surface area contributed by atoms with Gasteiger partial charge in [-0.1, -0.05) is 0 Å². The molecule has 0 aliphatic rings. The maximum Gasteiger partial charge on any atom is 3.00 e. The van der Waals surface area contributed by atoms with Crippen molar-refractivity contribution in [3.63, 3.8) is 0 Å². The van der Waals surface area contributed by atoms with Gasteiger partial charge in [-0.3, -0.25) is 0 Å². The molecular formula is C3H8Er2O13. The molecule has 0 bridgehead atoms. The van der Waals surface area contributed by atoms with Crippen molar-refractivity contribution in [2.24, 2.45) is 0 Å². The number of carboxylic acid groups (broad SMARTS) is 6. The van der Waals surface area contributed by atoms with Crippen molar-refractivity contribution in [1.29, 1.82) is 0 Å². The fraction of sp³-hybridized carbons (Fsp3) is 0. The van der Waals surface area contributed by atoms with Crippen LogP contribution in [0.4, 0.5) is 14.4 Å². The minimum Gasteiger partial charge on any atom is -0.652 e. The molecule has 0 aliphatic carbocycles. The van der Waals surface area contributed by atoms with Gasteiger partial charge >= 0.3 is 74.6 Å². The third kappa shape index (κ3) is 180000. The molecule has 13 nitrogen and oxygen atoms in total. The van der Waals surface area contributed by atoms with E-state index in [2.05, 4.69) is 0 Å². The van der Waals surface area contributed by atoms with Crippen LogP contribution in [-0.4, -0.2) is 40.4 Å². The summed E-state index contributed by atoms with van der Waals surface area (Å²) in [5, 5.41) is 50.0. The Balaban J connectivity index is -0.00000000827. The van der Waals surface area contributed by atoms with Gasteiger partial charge in [0.05, 0.1) is 0 Å². The summed E-state index contributed by atoms with van der Waals surface area (Å²) >= 11 is 0. The van der Waals surface area contributed by atoms with E-state index < -0.39 is 18.5 Å². The molecule has 0 fully saturated rings. The summed E-state index contributed by atoms with van der Waals surface area (Å²) in [5.74, 6) is 0. The molecule has 0 amide bonds. The van der Waals surface area contributed by atoms with Crippen LogP contribution in [0.25, 0.3) is 0 Å². The van der Waals surface area contributed by atoms with E-state index in [1.165, 1.54) is 0 Å². The molecule has 0 rings (SSSR count). The molecule has 15 heteroatoms. The number of hydrogen-bond acceptors (Lipinski definition) is 9. The van der Waals surface area contributed by atoms with Crippen LogP contribution in [0.5, 0.6) is 0 Å². The van der Waals surface area contributed by atoms with Crippen LogP contribution in [0, 0.1) is 74.6 Å². The number of hydrogen-bond donors (Lipinski definition) is 0.